The molecule has 1 unspecified atom stereocenters. The predicted molar refractivity (Wildman–Crippen MR) is 115 cm³/mol. The molecule has 28 heavy (non-hydrogen) atoms. The topological polar surface area (TPSA) is 66.6 Å². The second kappa shape index (κ2) is 8.05. The first kappa shape index (κ1) is 20.6. The fraction of sp³-hybridized carbons (Fsp3) is 0.455. The van der Waals surface area contributed by atoms with Gasteiger partial charge in [-0.15, -0.1) is 11.3 Å². The second-order valence-corrected chi connectivity index (χ2v) is 9.13. The Morgan fingerprint density at radius 1 is 1.36 bits per heavy atom. The Morgan fingerprint density at radius 2 is 2.11 bits per heavy atom. The molecule has 0 radical (unpaired) electrons. The molecule has 0 saturated heterocycles. The lowest BCUT2D eigenvalue weighted by atomic mass is 10.00. The van der Waals surface area contributed by atoms with Gasteiger partial charge in [0.05, 0.1) is 11.3 Å². The number of thiazole rings is 1. The molecule has 0 spiro atoms. The van der Waals surface area contributed by atoms with Crippen LogP contribution in [0.1, 0.15) is 61.6 Å². The van der Waals surface area contributed by atoms with Crippen LogP contribution in [0, 0.1) is 13.8 Å². The van der Waals surface area contributed by atoms with Crippen LogP contribution in [0.4, 0.5) is 0 Å². The third-order valence-electron chi connectivity index (χ3n) is 4.91. The molecule has 150 valence electrons. The molecule has 1 atom stereocenters. The molecule has 0 saturated carbocycles. The summed E-state index contributed by atoms with van der Waals surface area (Å²) in [5.41, 5.74) is 4.29. The minimum absolute atomic E-state index is 0.0480. The third kappa shape index (κ3) is 4.80. The number of fused-ring (bicyclic) bond motifs is 1. The van der Waals surface area contributed by atoms with Gasteiger partial charge in [-0.05, 0) is 65.5 Å². The summed E-state index contributed by atoms with van der Waals surface area (Å²) in [6.45, 7) is 9.77. The average Bonchev–Trinajstić information content (AvgIpc) is 3.16. The van der Waals surface area contributed by atoms with Gasteiger partial charge in [-0.1, -0.05) is 17.7 Å². The molecule has 1 aromatic carbocycles. The first-order chi connectivity index (χ1) is 13.1. The van der Waals surface area contributed by atoms with Crippen molar-refractivity contribution in [1.82, 2.24) is 14.7 Å². The maximum absolute atomic E-state index is 12.8. The Morgan fingerprint density at radius 3 is 2.82 bits per heavy atom. The number of benzene rings is 1. The Labute approximate surface area is 170 Å². The summed E-state index contributed by atoms with van der Waals surface area (Å²) >= 11 is 1.47. The summed E-state index contributed by atoms with van der Waals surface area (Å²) in [6, 6.07) is 6.37. The lowest BCUT2D eigenvalue weighted by molar-refractivity contribution is 0.0674. The van der Waals surface area contributed by atoms with Crippen molar-refractivity contribution in [3.05, 3.63) is 46.6 Å². The zero-order valence-corrected chi connectivity index (χ0v) is 18.1. The summed E-state index contributed by atoms with van der Waals surface area (Å²) in [5.74, 6) is -0.0908. The summed E-state index contributed by atoms with van der Waals surface area (Å²) in [5, 5.41) is 14.7. The number of nitrogens with zero attached hydrogens (tertiary/aromatic N) is 2. The molecule has 0 aliphatic carbocycles. The number of hydrogen-bond acceptors (Lipinski definition) is 4. The van der Waals surface area contributed by atoms with E-state index in [4.69, 9.17) is 4.98 Å². The smallest absolute Gasteiger partial charge is 0.269 e. The highest BCUT2D eigenvalue weighted by atomic mass is 32.1. The standard InChI is InChI=1S/C22H29N3O2S/c1-14-8-9-15(2)17(11-14)18-12-25-19(13-28-21(25)24-18)20(26)23-16(3)7-6-10-22(4,5)27/h8-9,11-13,16,27H,6-7,10H2,1-5H3,(H,23,26). The van der Waals surface area contributed by atoms with Crippen molar-refractivity contribution < 1.29 is 9.90 Å². The van der Waals surface area contributed by atoms with E-state index in [9.17, 15) is 9.90 Å². The van der Waals surface area contributed by atoms with Crippen LogP contribution in [0.15, 0.2) is 29.8 Å². The van der Waals surface area contributed by atoms with Gasteiger partial charge in [0.15, 0.2) is 4.96 Å². The van der Waals surface area contributed by atoms with E-state index in [-0.39, 0.29) is 11.9 Å². The van der Waals surface area contributed by atoms with Crippen molar-refractivity contribution in [3.8, 4) is 11.3 Å². The van der Waals surface area contributed by atoms with Gasteiger partial charge in [-0.3, -0.25) is 9.20 Å². The van der Waals surface area contributed by atoms with E-state index < -0.39 is 5.60 Å². The zero-order chi connectivity index (χ0) is 20.5. The van der Waals surface area contributed by atoms with Gasteiger partial charge < -0.3 is 10.4 Å². The number of carbonyl (C=O) groups excluding carboxylic acids is 1. The summed E-state index contributed by atoms with van der Waals surface area (Å²) < 4.78 is 1.88. The molecular formula is C22H29N3O2S. The normalized spacial score (nSPS) is 13.1. The van der Waals surface area contributed by atoms with Crippen LogP contribution in [0.2, 0.25) is 0 Å². The monoisotopic (exact) mass is 399 g/mol. The van der Waals surface area contributed by atoms with E-state index in [0.29, 0.717) is 5.69 Å². The SMILES string of the molecule is Cc1ccc(C)c(-c2cn3c(C(=O)NC(C)CCCC(C)(C)O)csc3n2)c1. The van der Waals surface area contributed by atoms with Gasteiger partial charge in [0, 0.05) is 23.2 Å². The summed E-state index contributed by atoms with van der Waals surface area (Å²) in [6.07, 6.45) is 4.37. The van der Waals surface area contributed by atoms with Gasteiger partial charge in [-0.25, -0.2) is 4.98 Å². The average molecular weight is 400 g/mol. The third-order valence-corrected chi connectivity index (χ3v) is 5.75. The highest BCUT2D eigenvalue weighted by Gasteiger charge is 2.18. The Hall–Kier alpha value is -2.18. The molecule has 0 aliphatic rings. The van der Waals surface area contributed by atoms with Crippen molar-refractivity contribution in [2.45, 2.75) is 65.5 Å². The van der Waals surface area contributed by atoms with Crippen molar-refractivity contribution in [2.24, 2.45) is 0 Å². The van der Waals surface area contributed by atoms with Gasteiger partial charge in [0.2, 0.25) is 0 Å². The minimum atomic E-state index is -0.662. The second-order valence-electron chi connectivity index (χ2n) is 8.30. The lowest BCUT2D eigenvalue weighted by Gasteiger charge is -2.19. The first-order valence-electron chi connectivity index (χ1n) is 9.71. The molecule has 0 aliphatic heterocycles. The number of aromatic nitrogens is 2. The Kier molecular flexibility index (Phi) is 5.91. The molecule has 1 amide bonds. The number of aliphatic hydroxyl groups is 1. The molecule has 3 aromatic rings. The highest BCUT2D eigenvalue weighted by molar-refractivity contribution is 7.15. The van der Waals surface area contributed by atoms with Gasteiger partial charge >= 0.3 is 0 Å². The number of amides is 1. The predicted octanol–water partition coefficient (Wildman–Crippen LogP) is 4.74. The number of hydrogen-bond donors (Lipinski definition) is 2. The van der Waals surface area contributed by atoms with Crippen molar-refractivity contribution in [3.63, 3.8) is 0 Å². The molecule has 0 bridgehead atoms. The minimum Gasteiger partial charge on any atom is -0.390 e. The quantitative estimate of drug-likeness (QED) is 0.603. The van der Waals surface area contributed by atoms with Gasteiger partial charge in [0.1, 0.15) is 5.69 Å². The molecule has 2 N–H and O–H groups in total. The molecular weight excluding hydrogens is 370 g/mol. The number of imidazole rings is 1. The fourth-order valence-corrected chi connectivity index (χ4v) is 4.15. The largest absolute Gasteiger partial charge is 0.390 e. The fourth-order valence-electron chi connectivity index (χ4n) is 3.30. The maximum atomic E-state index is 12.8. The van der Waals surface area contributed by atoms with Crippen molar-refractivity contribution in [1.29, 1.82) is 0 Å². The van der Waals surface area contributed by atoms with E-state index in [1.165, 1.54) is 22.5 Å². The molecule has 2 aromatic heterocycles. The van der Waals surface area contributed by atoms with E-state index in [1.807, 2.05) is 36.7 Å². The maximum Gasteiger partial charge on any atom is 0.269 e. The summed E-state index contributed by atoms with van der Waals surface area (Å²) in [4.78, 5) is 18.3. The number of carbonyl (C=O) groups is 1. The van der Waals surface area contributed by atoms with Crippen LogP contribution in [0.5, 0.6) is 0 Å². The molecule has 6 heteroatoms. The van der Waals surface area contributed by atoms with E-state index in [0.717, 1.165) is 35.5 Å². The van der Waals surface area contributed by atoms with Crippen LogP contribution in [-0.2, 0) is 0 Å². The van der Waals surface area contributed by atoms with E-state index in [2.05, 4.69) is 37.4 Å². The van der Waals surface area contributed by atoms with Crippen molar-refractivity contribution in [2.75, 3.05) is 0 Å². The molecule has 5 nitrogen and oxygen atoms in total. The molecule has 3 rings (SSSR count). The lowest BCUT2D eigenvalue weighted by Crippen LogP contribution is -2.33. The summed E-state index contributed by atoms with van der Waals surface area (Å²) in [7, 11) is 0. The van der Waals surface area contributed by atoms with Crippen LogP contribution in [-0.4, -0.2) is 32.0 Å². The van der Waals surface area contributed by atoms with Crippen LogP contribution in [0.3, 0.4) is 0 Å². The van der Waals surface area contributed by atoms with Crippen molar-refractivity contribution >= 4 is 22.2 Å². The zero-order valence-electron chi connectivity index (χ0n) is 17.2. The van der Waals surface area contributed by atoms with E-state index in [1.54, 1.807) is 0 Å². The van der Waals surface area contributed by atoms with Crippen LogP contribution >= 0.6 is 11.3 Å². The Bertz CT molecular complexity index is 981. The van der Waals surface area contributed by atoms with Gasteiger partial charge in [-0.2, -0.15) is 0 Å². The number of nitrogens with one attached hydrogen (secondary N) is 1. The van der Waals surface area contributed by atoms with Gasteiger partial charge in [0.25, 0.3) is 5.91 Å². The molecule has 0 fully saturated rings. The number of aryl methyl sites for hydroxylation is 2. The highest BCUT2D eigenvalue weighted by Crippen LogP contribution is 2.27. The number of rotatable bonds is 7. The Balaban J connectivity index is 1.74. The van der Waals surface area contributed by atoms with E-state index >= 15 is 0 Å². The first-order valence-corrected chi connectivity index (χ1v) is 10.6. The van der Waals surface area contributed by atoms with Crippen LogP contribution < -0.4 is 5.32 Å². The van der Waals surface area contributed by atoms with Crippen LogP contribution in [0.25, 0.3) is 16.2 Å². The molecule has 2 heterocycles.